The van der Waals surface area contributed by atoms with Crippen LogP contribution in [-0.2, 0) is 19.4 Å². The molecule has 20 heavy (non-hydrogen) atoms. The molecule has 1 heterocycles. The Kier molecular flexibility index (Phi) is 4.72. The van der Waals surface area contributed by atoms with Gasteiger partial charge in [0.15, 0.2) is 9.84 Å². The van der Waals surface area contributed by atoms with Gasteiger partial charge in [-0.1, -0.05) is 12.1 Å². The van der Waals surface area contributed by atoms with Crippen LogP contribution in [0.25, 0.3) is 0 Å². The highest BCUT2D eigenvalue weighted by molar-refractivity contribution is 7.99. The van der Waals surface area contributed by atoms with E-state index in [0.717, 1.165) is 11.3 Å². The predicted molar refractivity (Wildman–Crippen MR) is 78.6 cm³/mol. The second kappa shape index (κ2) is 6.15. The second-order valence-corrected chi connectivity index (χ2v) is 7.76. The van der Waals surface area contributed by atoms with Crippen molar-refractivity contribution < 1.29 is 17.9 Å². The van der Waals surface area contributed by atoms with Crippen LogP contribution in [0.1, 0.15) is 11.6 Å². The normalized spacial score (nSPS) is 23.3. The third-order valence-corrected chi connectivity index (χ3v) is 5.43. The maximum Gasteiger partial charge on any atom is 0.323 e. The highest BCUT2D eigenvalue weighted by atomic mass is 32.2. The summed E-state index contributed by atoms with van der Waals surface area (Å²) in [6, 6.07) is 6.46. The van der Waals surface area contributed by atoms with Crippen LogP contribution in [0.2, 0.25) is 0 Å². The van der Waals surface area contributed by atoms with Crippen molar-refractivity contribution in [1.82, 2.24) is 5.32 Å². The van der Waals surface area contributed by atoms with Crippen molar-refractivity contribution in [2.24, 2.45) is 0 Å². The summed E-state index contributed by atoms with van der Waals surface area (Å²) < 4.78 is 27.6. The van der Waals surface area contributed by atoms with Gasteiger partial charge in [-0.2, -0.15) is 11.8 Å². The van der Waals surface area contributed by atoms with Gasteiger partial charge in [-0.15, -0.1) is 0 Å². The summed E-state index contributed by atoms with van der Waals surface area (Å²) in [7, 11) is -1.80. The quantitative estimate of drug-likeness (QED) is 0.839. The van der Waals surface area contributed by atoms with Crippen LogP contribution in [0.3, 0.4) is 0 Å². The first kappa shape index (κ1) is 15.3. The lowest BCUT2D eigenvalue weighted by Gasteiger charge is -2.29. The SMILES string of the molecule is COC(=O)C1CSCC(c2ccc(S(C)(=O)=O)cc2)N1. The average molecular weight is 315 g/mol. The van der Waals surface area contributed by atoms with Crippen LogP contribution in [0.15, 0.2) is 29.2 Å². The van der Waals surface area contributed by atoms with Gasteiger partial charge in [-0.25, -0.2) is 8.42 Å². The Labute approximate surface area is 123 Å². The fraction of sp³-hybridized carbons (Fsp3) is 0.462. The topological polar surface area (TPSA) is 72.5 Å². The lowest BCUT2D eigenvalue weighted by molar-refractivity contribution is -0.142. The maximum atomic E-state index is 11.6. The number of rotatable bonds is 3. The Morgan fingerprint density at radius 3 is 2.50 bits per heavy atom. The van der Waals surface area contributed by atoms with Crippen molar-refractivity contribution in [1.29, 1.82) is 0 Å². The molecule has 110 valence electrons. The molecule has 1 aromatic carbocycles. The third kappa shape index (κ3) is 3.53. The zero-order chi connectivity index (χ0) is 14.8. The van der Waals surface area contributed by atoms with Crippen LogP contribution < -0.4 is 5.32 Å². The first-order valence-electron chi connectivity index (χ1n) is 6.13. The summed E-state index contributed by atoms with van der Waals surface area (Å²) in [5.74, 6) is 1.26. The van der Waals surface area contributed by atoms with Gasteiger partial charge in [0.2, 0.25) is 0 Å². The number of carbonyl (C=O) groups is 1. The Balaban J connectivity index is 2.13. The zero-order valence-electron chi connectivity index (χ0n) is 11.3. The molecule has 0 radical (unpaired) electrons. The minimum Gasteiger partial charge on any atom is -0.468 e. The van der Waals surface area contributed by atoms with Crippen LogP contribution in [0.5, 0.6) is 0 Å². The lowest BCUT2D eigenvalue weighted by Crippen LogP contribution is -2.45. The Bertz CT molecular complexity index is 583. The van der Waals surface area contributed by atoms with Crippen molar-refractivity contribution >= 4 is 27.6 Å². The molecule has 1 saturated heterocycles. The van der Waals surface area contributed by atoms with Crippen LogP contribution in [0, 0.1) is 0 Å². The molecule has 0 aromatic heterocycles. The van der Waals surface area contributed by atoms with Crippen molar-refractivity contribution in [3.8, 4) is 0 Å². The van der Waals surface area contributed by atoms with Crippen LogP contribution in [0.4, 0.5) is 0 Å². The Hall–Kier alpha value is -1.05. The number of hydrogen-bond donors (Lipinski definition) is 1. The van der Waals surface area contributed by atoms with Gasteiger partial charge in [0.25, 0.3) is 0 Å². The number of methoxy groups -OCH3 is 1. The molecule has 0 aliphatic carbocycles. The number of benzene rings is 1. The van der Waals surface area contributed by atoms with E-state index in [0.29, 0.717) is 10.6 Å². The summed E-state index contributed by atoms with van der Waals surface area (Å²) >= 11 is 1.68. The molecule has 1 fully saturated rings. The molecule has 2 rings (SSSR count). The number of carbonyl (C=O) groups excluding carboxylic acids is 1. The van der Waals surface area contributed by atoms with E-state index in [1.165, 1.54) is 13.4 Å². The minimum absolute atomic E-state index is 0.0199. The molecular formula is C13H17NO4S2. The van der Waals surface area contributed by atoms with E-state index in [9.17, 15) is 13.2 Å². The summed E-state index contributed by atoms with van der Waals surface area (Å²) in [4.78, 5) is 11.9. The zero-order valence-corrected chi connectivity index (χ0v) is 13.0. The monoisotopic (exact) mass is 315 g/mol. The highest BCUT2D eigenvalue weighted by Gasteiger charge is 2.28. The summed E-state index contributed by atoms with van der Waals surface area (Å²) in [5, 5.41) is 3.23. The molecule has 0 bridgehead atoms. The molecule has 2 unspecified atom stereocenters. The molecule has 0 saturated carbocycles. The second-order valence-electron chi connectivity index (χ2n) is 4.67. The van der Waals surface area contributed by atoms with E-state index in [4.69, 9.17) is 4.74 Å². The standard InChI is InChI=1S/C13H17NO4S2/c1-18-13(15)12-8-19-7-11(14-12)9-3-5-10(6-4-9)20(2,16)17/h3-6,11-12,14H,7-8H2,1-2H3. The van der Waals surface area contributed by atoms with E-state index in [2.05, 4.69) is 5.32 Å². The molecule has 7 heteroatoms. The molecule has 5 nitrogen and oxygen atoms in total. The third-order valence-electron chi connectivity index (χ3n) is 3.17. The van der Waals surface area contributed by atoms with E-state index >= 15 is 0 Å². The number of hydrogen-bond acceptors (Lipinski definition) is 6. The first-order valence-corrected chi connectivity index (χ1v) is 9.18. The molecule has 0 spiro atoms. The van der Waals surface area contributed by atoms with Crippen molar-refractivity contribution in [3.05, 3.63) is 29.8 Å². The van der Waals surface area contributed by atoms with Crippen molar-refractivity contribution in [2.45, 2.75) is 17.0 Å². The van der Waals surface area contributed by atoms with Gasteiger partial charge >= 0.3 is 5.97 Å². The summed E-state index contributed by atoms with van der Waals surface area (Å²) in [6.45, 7) is 0. The first-order chi connectivity index (χ1) is 9.41. The van der Waals surface area contributed by atoms with Crippen LogP contribution >= 0.6 is 11.8 Å². The summed E-state index contributed by atoms with van der Waals surface area (Å²) in [6.07, 6.45) is 1.18. The average Bonchev–Trinajstić information content (AvgIpc) is 2.46. The smallest absolute Gasteiger partial charge is 0.323 e. The molecule has 1 aromatic rings. The molecule has 2 atom stereocenters. The predicted octanol–water partition coefficient (Wildman–Crippen LogP) is 1.01. The van der Waals surface area contributed by atoms with Gasteiger partial charge in [0, 0.05) is 23.8 Å². The highest BCUT2D eigenvalue weighted by Crippen LogP contribution is 2.25. The number of ether oxygens (including phenoxy) is 1. The molecule has 1 N–H and O–H groups in total. The van der Waals surface area contributed by atoms with E-state index in [-0.39, 0.29) is 18.1 Å². The summed E-state index contributed by atoms with van der Waals surface area (Å²) in [5.41, 5.74) is 0.971. The van der Waals surface area contributed by atoms with E-state index < -0.39 is 9.84 Å². The molecule has 0 amide bonds. The van der Waals surface area contributed by atoms with Gasteiger partial charge in [-0.3, -0.25) is 10.1 Å². The van der Waals surface area contributed by atoms with Gasteiger partial charge in [0.05, 0.1) is 12.0 Å². The van der Waals surface area contributed by atoms with Gasteiger partial charge in [-0.05, 0) is 17.7 Å². The minimum atomic E-state index is -3.18. The molecular weight excluding hydrogens is 298 g/mol. The Morgan fingerprint density at radius 1 is 1.30 bits per heavy atom. The van der Waals surface area contributed by atoms with E-state index in [1.807, 2.05) is 0 Å². The van der Waals surface area contributed by atoms with Crippen LogP contribution in [-0.4, -0.2) is 45.3 Å². The van der Waals surface area contributed by atoms with Gasteiger partial charge < -0.3 is 4.74 Å². The maximum absolute atomic E-state index is 11.6. The van der Waals surface area contributed by atoms with Crippen molar-refractivity contribution in [3.63, 3.8) is 0 Å². The molecule has 1 aliphatic heterocycles. The molecule has 1 aliphatic rings. The fourth-order valence-electron chi connectivity index (χ4n) is 2.06. The largest absolute Gasteiger partial charge is 0.468 e. The van der Waals surface area contributed by atoms with E-state index in [1.54, 1.807) is 36.0 Å². The number of sulfone groups is 1. The lowest BCUT2D eigenvalue weighted by atomic mass is 10.1. The fourth-order valence-corrected chi connectivity index (χ4v) is 3.82. The number of thioether (sulfide) groups is 1. The van der Waals surface area contributed by atoms with Crippen molar-refractivity contribution in [2.75, 3.05) is 24.9 Å². The van der Waals surface area contributed by atoms with Gasteiger partial charge in [0.1, 0.15) is 6.04 Å². The number of nitrogens with one attached hydrogen (secondary N) is 1. The Morgan fingerprint density at radius 2 is 1.95 bits per heavy atom. The number of esters is 1.